The monoisotopic (exact) mass is 259 g/mol. The second kappa shape index (κ2) is 5.34. The number of carbonyl (C=O) groups is 3. The van der Waals surface area contributed by atoms with Gasteiger partial charge in [0.1, 0.15) is 11.6 Å². The topological polar surface area (TPSA) is 102 Å². The van der Waals surface area contributed by atoms with E-state index in [0.29, 0.717) is 0 Å². The second-order valence-electron chi connectivity index (χ2n) is 5.00. The summed E-state index contributed by atoms with van der Waals surface area (Å²) >= 11 is 0. The quantitative estimate of drug-likeness (QED) is 0.687. The summed E-state index contributed by atoms with van der Waals surface area (Å²) in [7, 11) is 0. The molecule has 2 N–H and O–H groups in total. The number of ether oxygens (including phenoxy) is 2. The molecule has 1 saturated heterocycles. The van der Waals surface area contributed by atoms with E-state index < -0.39 is 35.8 Å². The molecule has 0 spiro atoms. The van der Waals surface area contributed by atoms with E-state index in [1.54, 1.807) is 20.8 Å². The van der Waals surface area contributed by atoms with Crippen LogP contribution in [0.15, 0.2) is 0 Å². The molecule has 7 nitrogen and oxygen atoms in total. The number of rotatable bonds is 4. The molecule has 0 bridgehead atoms. The van der Waals surface area contributed by atoms with Gasteiger partial charge in [-0.15, -0.1) is 0 Å². The van der Waals surface area contributed by atoms with Crippen LogP contribution in [0.2, 0.25) is 0 Å². The van der Waals surface area contributed by atoms with Gasteiger partial charge in [-0.25, -0.2) is 4.79 Å². The average Bonchev–Trinajstić information content (AvgIpc) is 2.54. The minimum atomic E-state index is -1.16. The highest BCUT2D eigenvalue weighted by molar-refractivity contribution is 5.86. The smallest absolute Gasteiger partial charge is 0.363 e. The standard InChI is InChI=1S/C11H17NO6/c1-11(2,3)18-10(16)8-12-6(9(15)17-8)4-5-7(13)14/h6,8,12H,4-5H2,1-3H3,(H,13,14)/t6?,8-/m0/s1. The number of carboxylic acid groups (broad SMARTS) is 1. The summed E-state index contributed by atoms with van der Waals surface area (Å²) in [6.45, 7) is 5.09. The van der Waals surface area contributed by atoms with Gasteiger partial charge in [0.15, 0.2) is 0 Å². The molecule has 1 aliphatic heterocycles. The van der Waals surface area contributed by atoms with Crippen molar-refractivity contribution in [3.8, 4) is 0 Å². The van der Waals surface area contributed by atoms with Crippen molar-refractivity contribution in [2.45, 2.75) is 51.5 Å². The first-order valence-electron chi connectivity index (χ1n) is 5.60. The average molecular weight is 259 g/mol. The van der Waals surface area contributed by atoms with Gasteiger partial charge in [0.2, 0.25) is 0 Å². The fourth-order valence-electron chi connectivity index (χ4n) is 1.42. The fraction of sp³-hybridized carbons (Fsp3) is 0.727. The molecule has 0 saturated carbocycles. The summed E-state index contributed by atoms with van der Waals surface area (Å²) in [6, 6.07) is -0.779. The Morgan fingerprint density at radius 1 is 1.44 bits per heavy atom. The number of cyclic esters (lactones) is 1. The van der Waals surface area contributed by atoms with Crippen molar-refractivity contribution in [3.63, 3.8) is 0 Å². The van der Waals surface area contributed by atoms with Crippen molar-refractivity contribution in [2.24, 2.45) is 0 Å². The van der Waals surface area contributed by atoms with E-state index in [0.717, 1.165) is 0 Å². The van der Waals surface area contributed by atoms with E-state index in [4.69, 9.17) is 14.6 Å². The Kier molecular flexibility index (Phi) is 4.28. The Morgan fingerprint density at radius 2 is 2.06 bits per heavy atom. The van der Waals surface area contributed by atoms with Crippen molar-refractivity contribution in [1.82, 2.24) is 5.32 Å². The summed E-state index contributed by atoms with van der Waals surface area (Å²) in [4.78, 5) is 33.4. The molecule has 0 aromatic rings. The van der Waals surface area contributed by atoms with Gasteiger partial charge in [0.05, 0.1) is 0 Å². The minimum Gasteiger partial charge on any atom is -0.481 e. The number of carboxylic acids is 1. The van der Waals surface area contributed by atoms with E-state index >= 15 is 0 Å². The molecular weight excluding hydrogens is 242 g/mol. The molecule has 2 atom stereocenters. The molecule has 1 rings (SSSR count). The molecule has 0 aliphatic carbocycles. The third-order valence-corrected chi connectivity index (χ3v) is 2.14. The molecular formula is C11H17NO6. The lowest BCUT2D eigenvalue weighted by Gasteiger charge is -2.21. The molecule has 102 valence electrons. The Bertz CT molecular complexity index is 359. The highest BCUT2D eigenvalue weighted by atomic mass is 16.6. The van der Waals surface area contributed by atoms with Crippen LogP contribution in [0.5, 0.6) is 0 Å². The van der Waals surface area contributed by atoms with E-state index in [1.165, 1.54) is 0 Å². The summed E-state index contributed by atoms with van der Waals surface area (Å²) in [5.74, 6) is -2.33. The van der Waals surface area contributed by atoms with E-state index in [-0.39, 0.29) is 12.8 Å². The SMILES string of the molecule is CC(C)(C)OC(=O)[C@H]1NC(CCC(=O)O)C(=O)O1. The number of hydrogen-bond donors (Lipinski definition) is 2. The number of aliphatic carboxylic acids is 1. The lowest BCUT2D eigenvalue weighted by atomic mass is 10.1. The molecule has 1 unspecified atom stereocenters. The van der Waals surface area contributed by atoms with Crippen LogP contribution in [0.3, 0.4) is 0 Å². The third kappa shape index (κ3) is 4.33. The van der Waals surface area contributed by atoms with Gasteiger partial charge in [-0.3, -0.25) is 14.9 Å². The van der Waals surface area contributed by atoms with E-state index in [2.05, 4.69) is 5.32 Å². The van der Waals surface area contributed by atoms with Crippen LogP contribution >= 0.6 is 0 Å². The fourth-order valence-corrected chi connectivity index (χ4v) is 1.42. The van der Waals surface area contributed by atoms with Crippen molar-refractivity contribution >= 4 is 17.9 Å². The van der Waals surface area contributed by atoms with Crippen molar-refractivity contribution in [3.05, 3.63) is 0 Å². The maximum atomic E-state index is 11.6. The predicted molar refractivity (Wildman–Crippen MR) is 59.5 cm³/mol. The molecule has 0 aromatic heterocycles. The third-order valence-electron chi connectivity index (χ3n) is 2.14. The Hall–Kier alpha value is -1.63. The zero-order valence-electron chi connectivity index (χ0n) is 10.6. The lowest BCUT2D eigenvalue weighted by Crippen LogP contribution is -2.40. The van der Waals surface area contributed by atoms with Gasteiger partial charge < -0.3 is 14.6 Å². The van der Waals surface area contributed by atoms with Crippen LogP contribution in [0, 0.1) is 0 Å². The van der Waals surface area contributed by atoms with Crippen LogP contribution in [-0.4, -0.2) is 40.9 Å². The first-order chi connectivity index (χ1) is 8.19. The summed E-state index contributed by atoms with van der Waals surface area (Å²) in [5.41, 5.74) is -0.676. The van der Waals surface area contributed by atoms with Gasteiger partial charge in [0.25, 0.3) is 6.23 Å². The largest absolute Gasteiger partial charge is 0.481 e. The molecule has 7 heteroatoms. The molecule has 18 heavy (non-hydrogen) atoms. The maximum Gasteiger partial charge on any atom is 0.363 e. The number of nitrogens with one attached hydrogen (secondary N) is 1. The molecule has 0 amide bonds. The summed E-state index contributed by atoms with van der Waals surface area (Å²) < 4.78 is 9.85. The van der Waals surface area contributed by atoms with Crippen LogP contribution in [-0.2, 0) is 23.9 Å². The first-order valence-corrected chi connectivity index (χ1v) is 5.60. The van der Waals surface area contributed by atoms with Gasteiger partial charge in [-0.05, 0) is 27.2 Å². The second-order valence-corrected chi connectivity index (χ2v) is 5.00. The van der Waals surface area contributed by atoms with E-state index in [9.17, 15) is 14.4 Å². The highest BCUT2D eigenvalue weighted by Gasteiger charge is 2.39. The normalized spacial score (nSPS) is 23.6. The summed E-state index contributed by atoms with van der Waals surface area (Å²) in [6.07, 6.45) is -1.25. The van der Waals surface area contributed by atoms with Crippen molar-refractivity contribution in [2.75, 3.05) is 0 Å². The van der Waals surface area contributed by atoms with Gasteiger partial charge in [-0.2, -0.15) is 0 Å². The Morgan fingerprint density at radius 3 is 2.56 bits per heavy atom. The molecule has 0 aromatic carbocycles. The highest BCUT2D eigenvalue weighted by Crippen LogP contribution is 2.15. The Balaban J connectivity index is 2.50. The van der Waals surface area contributed by atoms with Crippen LogP contribution < -0.4 is 5.32 Å². The zero-order chi connectivity index (χ0) is 13.9. The van der Waals surface area contributed by atoms with Crippen molar-refractivity contribution < 1.29 is 29.0 Å². The zero-order valence-corrected chi connectivity index (χ0v) is 10.6. The maximum absolute atomic E-state index is 11.6. The van der Waals surface area contributed by atoms with Gasteiger partial charge in [0, 0.05) is 6.42 Å². The van der Waals surface area contributed by atoms with Crippen molar-refractivity contribution in [1.29, 1.82) is 0 Å². The molecule has 0 radical (unpaired) electrons. The van der Waals surface area contributed by atoms with Crippen LogP contribution in [0.1, 0.15) is 33.6 Å². The van der Waals surface area contributed by atoms with E-state index in [1.807, 2.05) is 0 Å². The molecule has 1 aliphatic rings. The molecule has 1 heterocycles. The summed E-state index contributed by atoms with van der Waals surface area (Å²) in [5, 5.41) is 11.1. The first kappa shape index (κ1) is 14.4. The predicted octanol–water partition coefficient (Wildman–Crippen LogP) is 0.0340. The van der Waals surface area contributed by atoms with Crippen LogP contribution in [0.25, 0.3) is 0 Å². The van der Waals surface area contributed by atoms with Crippen LogP contribution in [0.4, 0.5) is 0 Å². The number of carbonyl (C=O) groups excluding carboxylic acids is 2. The van der Waals surface area contributed by atoms with Gasteiger partial charge in [-0.1, -0.05) is 0 Å². The van der Waals surface area contributed by atoms with Gasteiger partial charge >= 0.3 is 17.9 Å². The minimum absolute atomic E-state index is 0.0768. The number of hydrogen-bond acceptors (Lipinski definition) is 6. The lowest BCUT2D eigenvalue weighted by molar-refractivity contribution is -0.171. The number of esters is 2. The Labute approximate surface area is 104 Å². The molecule has 1 fully saturated rings.